The van der Waals surface area contributed by atoms with Crippen molar-refractivity contribution in [3.8, 4) is 0 Å². The Bertz CT molecular complexity index is 281. The van der Waals surface area contributed by atoms with Crippen molar-refractivity contribution in [2.75, 3.05) is 0 Å². The number of hydrogen-bond acceptors (Lipinski definition) is 4. The molecule has 4 nitrogen and oxygen atoms in total. The number of hydrogen-bond donors (Lipinski definition) is 0. The second-order valence-corrected chi connectivity index (χ2v) is 6.86. The third-order valence-electron chi connectivity index (χ3n) is 2.95. The lowest BCUT2D eigenvalue weighted by Crippen LogP contribution is -2.07. The van der Waals surface area contributed by atoms with Crippen LogP contribution in [0.5, 0.6) is 0 Å². The zero-order chi connectivity index (χ0) is 16.8. The number of carbonyl (C=O) groups is 2. The van der Waals surface area contributed by atoms with Crippen LogP contribution < -0.4 is 0 Å². The van der Waals surface area contributed by atoms with Crippen LogP contribution in [0.2, 0.25) is 0 Å². The maximum absolute atomic E-state index is 11.1. The van der Waals surface area contributed by atoms with Gasteiger partial charge in [0, 0.05) is 12.8 Å². The highest BCUT2D eigenvalue weighted by Crippen LogP contribution is 2.13. The Balaban J connectivity index is 3.24. The number of carbonyl (C=O) groups excluding carboxylic acids is 2. The van der Waals surface area contributed by atoms with E-state index in [1.165, 1.54) is 0 Å². The van der Waals surface area contributed by atoms with E-state index in [9.17, 15) is 9.59 Å². The average molecular weight is 396 g/mol. The van der Waals surface area contributed by atoms with Crippen molar-refractivity contribution in [2.24, 2.45) is 0 Å². The first-order chi connectivity index (χ1) is 10.4. The summed E-state index contributed by atoms with van der Waals surface area (Å²) in [4.78, 5) is 22.3. The zero-order valence-corrected chi connectivity index (χ0v) is 15.4. The first-order valence-corrected chi connectivity index (χ1v) is 9.11. The van der Waals surface area contributed by atoms with Gasteiger partial charge < -0.3 is 9.47 Å². The molecule has 0 saturated carbocycles. The van der Waals surface area contributed by atoms with Gasteiger partial charge in [0.1, 0.15) is 0 Å². The molecule has 0 fully saturated rings. The quantitative estimate of drug-likeness (QED) is 0.235. The Morgan fingerprint density at radius 3 is 1.14 bits per heavy atom. The summed E-state index contributed by atoms with van der Waals surface area (Å²) in [6, 6.07) is 0. The van der Waals surface area contributed by atoms with Crippen molar-refractivity contribution < 1.29 is 19.1 Å². The number of unbranched alkanes of at least 4 members (excludes halogenated alkanes) is 7. The molecule has 0 saturated heterocycles. The zero-order valence-electron chi connectivity index (χ0n) is 12.4. The smallest absolute Gasteiger partial charge is 0.308 e. The van der Waals surface area contributed by atoms with Crippen LogP contribution in [0.15, 0.2) is 0 Å². The number of esters is 2. The van der Waals surface area contributed by atoms with E-state index < -0.39 is 10.0 Å². The summed E-state index contributed by atoms with van der Waals surface area (Å²) in [5, 5.41) is -2.16. The third kappa shape index (κ3) is 16.5. The van der Waals surface area contributed by atoms with E-state index >= 15 is 0 Å². The van der Waals surface area contributed by atoms with Gasteiger partial charge in [-0.15, -0.1) is 0 Å². The Kier molecular flexibility index (Phi) is 14.7. The van der Waals surface area contributed by atoms with E-state index in [2.05, 4.69) is 9.47 Å². The standard InChI is InChI=1S/C14H22Cl4O4/c15-13(16)21-11(19)9-7-5-3-1-2-4-6-8-10-12(20)22-14(17)18/h13-14H,1-10H2. The Morgan fingerprint density at radius 2 is 0.864 bits per heavy atom. The lowest BCUT2D eigenvalue weighted by Gasteiger charge is -2.05. The molecule has 0 aliphatic rings. The first kappa shape index (κ1) is 22.1. The van der Waals surface area contributed by atoms with Gasteiger partial charge in [0.15, 0.2) is 0 Å². The molecule has 0 atom stereocenters. The predicted molar refractivity (Wildman–Crippen MR) is 89.3 cm³/mol. The summed E-state index contributed by atoms with van der Waals surface area (Å²) in [5.74, 6) is -0.726. The minimum Gasteiger partial charge on any atom is -0.431 e. The molecule has 0 aromatic heterocycles. The van der Waals surface area contributed by atoms with E-state index in [0.29, 0.717) is 12.8 Å². The number of halogens is 4. The highest BCUT2D eigenvalue weighted by molar-refractivity contribution is 6.43. The van der Waals surface area contributed by atoms with Crippen LogP contribution in [-0.2, 0) is 19.1 Å². The van der Waals surface area contributed by atoms with Crippen LogP contribution >= 0.6 is 46.4 Å². The van der Waals surface area contributed by atoms with Gasteiger partial charge in [-0.1, -0.05) is 84.9 Å². The summed E-state index contributed by atoms with van der Waals surface area (Å²) in [6.07, 6.45) is 8.57. The van der Waals surface area contributed by atoms with Gasteiger partial charge in [0.25, 0.3) is 10.0 Å². The van der Waals surface area contributed by atoms with Crippen molar-refractivity contribution in [1.29, 1.82) is 0 Å². The van der Waals surface area contributed by atoms with Crippen LogP contribution in [0, 0.1) is 0 Å². The SMILES string of the molecule is O=C(CCCCCCCCCCC(=O)OC(Cl)Cl)OC(Cl)Cl. The minimum atomic E-state index is -1.08. The largest absolute Gasteiger partial charge is 0.431 e. The lowest BCUT2D eigenvalue weighted by atomic mass is 10.1. The van der Waals surface area contributed by atoms with E-state index in [1.54, 1.807) is 0 Å². The summed E-state index contributed by atoms with van der Waals surface area (Å²) in [6.45, 7) is 0. The molecule has 0 radical (unpaired) electrons. The van der Waals surface area contributed by atoms with Crippen molar-refractivity contribution in [3.05, 3.63) is 0 Å². The fourth-order valence-corrected chi connectivity index (χ4v) is 2.31. The summed E-state index contributed by atoms with van der Waals surface area (Å²) >= 11 is 21.3. The number of alkyl halides is 4. The minimum absolute atomic E-state index is 0.347. The van der Waals surface area contributed by atoms with Crippen LogP contribution in [0.3, 0.4) is 0 Å². The molecule has 8 heteroatoms. The molecule has 0 N–H and O–H groups in total. The fraction of sp³-hybridized carbons (Fsp3) is 0.857. The number of rotatable bonds is 13. The van der Waals surface area contributed by atoms with Gasteiger partial charge in [-0.25, -0.2) is 0 Å². The Hall–Kier alpha value is 0.1000. The van der Waals surface area contributed by atoms with Gasteiger partial charge in [-0.2, -0.15) is 0 Å². The second-order valence-electron chi connectivity index (χ2n) is 4.83. The molecule has 0 aliphatic heterocycles. The molecule has 0 spiro atoms. The van der Waals surface area contributed by atoms with Gasteiger partial charge in [0.2, 0.25) is 0 Å². The topological polar surface area (TPSA) is 52.6 Å². The molecule has 0 aromatic rings. The molecular formula is C14H22Cl4O4. The summed E-state index contributed by atoms with van der Waals surface area (Å²) in [5.41, 5.74) is 0. The van der Waals surface area contributed by atoms with Gasteiger partial charge in [-0.3, -0.25) is 9.59 Å². The van der Waals surface area contributed by atoms with E-state index in [0.717, 1.165) is 51.4 Å². The number of ether oxygens (including phenoxy) is 2. The predicted octanol–water partition coefficient (Wildman–Crippen LogP) is 5.50. The van der Waals surface area contributed by atoms with Gasteiger partial charge in [-0.05, 0) is 12.8 Å². The second kappa shape index (κ2) is 14.7. The molecule has 130 valence electrons. The van der Waals surface area contributed by atoms with Crippen molar-refractivity contribution in [1.82, 2.24) is 0 Å². The van der Waals surface area contributed by atoms with Crippen LogP contribution in [-0.4, -0.2) is 22.0 Å². The summed E-state index contributed by atoms with van der Waals surface area (Å²) in [7, 11) is 0. The monoisotopic (exact) mass is 394 g/mol. The highest BCUT2D eigenvalue weighted by Gasteiger charge is 2.08. The molecule has 0 bridgehead atoms. The van der Waals surface area contributed by atoms with Crippen LogP contribution in [0.4, 0.5) is 0 Å². The molecule has 0 rings (SSSR count). The van der Waals surface area contributed by atoms with Crippen LogP contribution in [0.25, 0.3) is 0 Å². The average Bonchev–Trinajstić information content (AvgIpc) is 2.39. The molecule has 0 aliphatic carbocycles. The van der Waals surface area contributed by atoms with Crippen molar-refractivity contribution in [3.63, 3.8) is 0 Å². The molecule has 0 amide bonds. The molecule has 0 unspecified atom stereocenters. The van der Waals surface area contributed by atoms with E-state index in [4.69, 9.17) is 46.4 Å². The Morgan fingerprint density at radius 1 is 0.591 bits per heavy atom. The first-order valence-electron chi connectivity index (χ1n) is 7.37. The molecule has 0 heterocycles. The third-order valence-corrected chi connectivity index (χ3v) is 3.31. The normalized spacial score (nSPS) is 11.0. The maximum atomic E-state index is 11.1. The fourth-order valence-electron chi connectivity index (χ4n) is 1.92. The van der Waals surface area contributed by atoms with Gasteiger partial charge in [0.05, 0.1) is 0 Å². The van der Waals surface area contributed by atoms with Crippen molar-refractivity contribution >= 4 is 58.3 Å². The molecular weight excluding hydrogens is 374 g/mol. The molecule has 22 heavy (non-hydrogen) atoms. The molecule has 0 aromatic carbocycles. The van der Waals surface area contributed by atoms with E-state index in [-0.39, 0.29) is 11.9 Å². The maximum Gasteiger partial charge on any atom is 0.308 e. The van der Waals surface area contributed by atoms with Crippen LogP contribution in [0.1, 0.15) is 64.2 Å². The van der Waals surface area contributed by atoms with E-state index in [1.807, 2.05) is 0 Å². The lowest BCUT2D eigenvalue weighted by molar-refractivity contribution is -0.144. The highest BCUT2D eigenvalue weighted by atomic mass is 35.5. The Labute approximate surface area is 151 Å². The van der Waals surface area contributed by atoms with Gasteiger partial charge >= 0.3 is 11.9 Å². The van der Waals surface area contributed by atoms with Crippen molar-refractivity contribution in [2.45, 2.75) is 74.3 Å². The summed E-state index contributed by atoms with van der Waals surface area (Å²) < 4.78 is 9.21.